The SMILES string of the molecule is O=C1CCc2c(CC3CCCNC3)cccc2N1. The molecule has 2 N–H and O–H groups in total. The number of hydrogen-bond acceptors (Lipinski definition) is 2. The van der Waals surface area contributed by atoms with Gasteiger partial charge in [-0.1, -0.05) is 12.1 Å². The molecule has 1 amide bonds. The van der Waals surface area contributed by atoms with E-state index in [1.54, 1.807) is 0 Å². The van der Waals surface area contributed by atoms with Gasteiger partial charge in [0.2, 0.25) is 5.91 Å². The molecule has 2 aliphatic heterocycles. The number of hydrogen-bond donors (Lipinski definition) is 2. The normalized spacial score (nSPS) is 23.3. The lowest BCUT2D eigenvalue weighted by Gasteiger charge is -2.25. The molecule has 0 bridgehead atoms. The van der Waals surface area contributed by atoms with E-state index in [0.29, 0.717) is 6.42 Å². The Labute approximate surface area is 108 Å². The summed E-state index contributed by atoms with van der Waals surface area (Å²) in [5, 5.41) is 6.46. The molecule has 3 heteroatoms. The minimum Gasteiger partial charge on any atom is -0.326 e. The molecule has 1 unspecified atom stereocenters. The van der Waals surface area contributed by atoms with Crippen LogP contribution in [0.4, 0.5) is 5.69 Å². The summed E-state index contributed by atoms with van der Waals surface area (Å²) in [5.74, 6) is 0.905. The van der Waals surface area contributed by atoms with Gasteiger partial charge in [0, 0.05) is 12.1 Å². The van der Waals surface area contributed by atoms with Crippen molar-refractivity contribution in [3.8, 4) is 0 Å². The van der Waals surface area contributed by atoms with Gasteiger partial charge in [-0.05, 0) is 61.9 Å². The Hall–Kier alpha value is -1.35. The highest BCUT2D eigenvalue weighted by Gasteiger charge is 2.20. The first-order valence-electron chi connectivity index (χ1n) is 6.94. The Morgan fingerprint density at radius 2 is 2.22 bits per heavy atom. The zero-order valence-electron chi connectivity index (χ0n) is 10.7. The van der Waals surface area contributed by atoms with E-state index in [-0.39, 0.29) is 5.91 Å². The van der Waals surface area contributed by atoms with Crippen LogP contribution >= 0.6 is 0 Å². The molecule has 0 aromatic heterocycles. The van der Waals surface area contributed by atoms with Gasteiger partial charge >= 0.3 is 0 Å². The van der Waals surface area contributed by atoms with Gasteiger partial charge in [-0.25, -0.2) is 0 Å². The second-order valence-electron chi connectivity index (χ2n) is 5.41. The largest absolute Gasteiger partial charge is 0.326 e. The van der Waals surface area contributed by atoms with E-state index >= 15 is 0 Å². The van der Waals surface area contributed by atoms with Crippen molar-refractivity contribution in [2.75, 3.05) is 18.4 Å². The van der Waals surface area contributed by atoms with Crippen LogP contribution in [-0.4, -0.2) is 19.0 Å². The Morgan fingerprint density at radius 3 is 3.06 bits per heavy atom. The van der Waals surface area contributed by atoms with Gasteiger partial charge in [-0.15, -0.1) is 0 Å². The van der Waals surface area contributed by atoms with Crippen LogP contribution in [0, 0.1) is 5.92 Å². The highest BCUT2D eigenvalue weighted by Crippen LogP contribution is 2.28. The Bertz CT molecular complexity index is 450. The third-order valence-corrected chi connectivity index (χ3v) is 4.06. The molecule has 2 heterocycles. The van der Waals surface area contributed by atoms with E-state index in [9.17, 15) is 4.79 Å². The summed E-state index contributed by atoms with van der Waals surface area (Å²) in [7, 11) is 0. The fraction of sp³-hybridized carbons (Fsp3) is 0.533. The van der Waals surface area contributed by atoms with Crippen LogP contribution in [0.25, 0.3) is 0 Å². The molecule has 1 fully saturated rings. The summed E-state index contributed by atoms with van der Waals surface area (Å²) in [6.07, 6.45) is 5.29. The third-order valence-electron chi connectivity index (χ3n) is 4.06. The zero-order valence-corrected chi connectivity index (χ0v) is 10.7. The van der Waals surface area contributed by atoms with Crippen molar-refractivity contribution in [3.63, 3.8) is 0 Å². The molecule has 3 rings (SSSR count). The number of piperidine rings is 1. The van der Waals surface area contributed by atoms with E-state index in [1.165, 1.54) is 30.5 Å². The molecular weight excluding hydrogens is 224 g/mol. The average Bonchev–Trinajstić information content (AvgIpc) is 2.40. The molecule has 0 radical (unpaired) electrons. The molecule has 1 saturated heterocycles. The van der Waals surface area contributed by atoms with E-state index in [1.807, 2.05) is 6.07 Å². The van der Waals surface area contributed by atoms with Crippen LogP contribution in [0.15, 0.2) is 18.2 Å². The summed E-state index contributed by atoms with van der Waals surface area (Å²) < 4.78 is 0. The van der Waals surface area contributed by atoms with Crippen LogP contribution in [0.3, 0.4) is 0 Å². The van der Waals surface area contributed by atoms with Crippen LogP contribution in [0.2, 0.25) is 0 Å². The Morgan fingerprint density at radius 1 is 1.28 bits per heavy atom. The standard InChI is InChI=1S/C15H20N2O/c18-15-7-6-13-12(4-1-5-14(13)17-15)9-11-3-2-8-16-10-11/h1,4-5,11,16H,2-3,6-10H2,(H,17,18). The number of carbonyl (C=O) groups excluding carboxylic acids is 1. The number of amides is 1. The zero-order chi connectivity index (χ0) is 12.4. The lowest BCUT2D eigenvalue weighted by atomic mass is 9.87. The summed E-state index contributed by atoms with van der Waals surface area (Å²) in [6, 6.07) is 6.32. The molecule has 1 aromatic rings. The fourth-order valence-electron chi connectivity index (χ4n) is 3.10. The molecule has 1 atom stereocenters. The molecule has 0 aliphatic carbocycles. The van der Waals surface area contributed by atoms with E-state index in [4.69, 9.17) is 0 Å². The lowest BCUT2D eigenvalue weighted by molar-refractivity contribution is -0.116. The number of fused-ring (bicyclic) bond motifs is 1. The van der Waals surface area contributed by atoms with Crippen molar-refractivity contribution in [3.05, 3.63) is 29.3 Å². The van der Waals surface area contributed by atoms with Crippen LogP contribution in [-0.2, 0) is 17.6 Å². The van der Waals surface area contributed by atoms with Gasteiger partial charge in [-0.3, -0.25) is 4.79 Å². The number of nitrogens with one attached hydrogen (secondary N) is 2. The predicted molar refractivity (Wildman–Crippen MR) is 72.7 cm³/mol. The second-order valence-corrected chi connectivity index (χ2v) is 5.41. The maximum Gasteiger partial charge on any atom is 0.224 e. The molecule has 96 valence electrons. The maximum absolute atomic E-state index is 11.4. The second kappa shape index (κ2) is 5.11. The monoisotopic (exact) mass is 244 g/mol. The van der Waals surface area contributed by atoms with Crippen molar-refractivity contribution in [1.29, 1.82) is 0 Å². The molecule has 2 aliphatic rings. The Kier molecular flexibility index (Phi) is 3.33. The molecule has 0 saturated carbocycles. The number of carbonyl (C=O) groups is 1. The van der Waals surface area contributed by atoms with Crippen molar-refractivity contribution in [2.24, 2.45) is 5.92 Å². The summed E-state index contributed by atoms with van der Waals surface area (Å²) in [6.45, 7) is 2.30. The summed E-state index contributed by atoms with van der Waals surface area (Å²) in [5.41, 5.74) is 3.83. The van der Waals surface area contributed by atoms with Gasteiger partial charge < -0.3 is 10.6 Å². The average molecular weight is 244 g/mol. The van der Waals surface area contributed by atoms with Crippen molar-refractivity contribution in [2.45, 2.75) is 32.1 Å². The summed E-state index contributed by atoms with van der Waals surface area (Å²) >= 11 is 0. The van der Waals surface area contributed by atoms with Gasteiger partial charge in [0.25, 0.3) is 0 Å². The number of anilines is 1. The highest BCUT2D eigenvalue weighted by atomic mass is 16.1. The van der Waals surface area contributed by atoms with E-state index in [2.05, 4.69) is 22.8 Å². The fourth-order valence-corrected chi connectivity index (χ4v) is 3.10. The quantitative estimate of drug-likeness (QED) is 0.836. The van der Waals surface area contributed by atoms with Crippen molar-refractivity contribution >= 4 is 11.6 Å². The van der Waals surface area contributed by atoms with Gasteiger partial charge in [-0.2, -0.15) is 0 Å². The van der Waals surface area contributed by atoms with Gasteiger partial charge in [0.15, 0.2) is 0 Å². The van der Waals surface area contributed by atoms with Crippen molar-refractivity contribution < 1.29 is 4.79 Å². The number of rotatable bonds is 2. The molecule has 1 aromatic carbocycles. The molecule has 0 spiro atoms. The Balaban J connectivity index is 1.79. The first-order valence-corrected chi connectivity index (χ1v) is 6.94. The first kappa shape index (κ1) is 11.7. The van der Waals surface area contributed by atoms with E-state index < -0.39 is 0 Å². The van der Waals surface area contributed by atoms with Gasteiger partial charge in [0.05, 0.1) is 0 Å². The minimum atomic E-state index is 0.152. The van der Waals surface area contributed by atoms with Crippen LogP contribution < -0.4 is 10.6 Å². The molecular formula is C15H20N2O. The minimum absolute atomic E-state index is 0.152. The highest BCUT2D eigenvalue weighted by molar-refractivity contribution is 5.94. The van der Waals surface area contributed by atoms with E-state index in [0.717, 1.165) is 31.0 Å². The molecule has 18 heavy (non-hydrogen) atoms. The first-order chi connectivity index (χ1) is 8.83. The molecule has 3 nitrogen and oxygen atoms in total. The van der Waals surface area contributed by atoms with Crippen molar-refractivity contribution in [1.82, 2.24) is 5.32 Å². The smallest absolute Gasteiger partial charge is 0.224 e. The number of benzene rings is 1. The summed E-state index contributed by atoms with van der Waals surface area (Å²) in [4.78, 5) is 11.4. The maximum atomic E-state index is 11.4. The third kappa shape index (κ3) is 2.41. The predicted octanol–water partition coefficient (Wildman–Crippen LogP) is 2.11. The lowest BCUT2D eigenvalue weighted by Crippen LogP contribution is -2.31. The van der Waals surface area contributed by atoms with Crippen LogP contribution in [0.5, 0.6) is 0 Å². The van der Waals surface area contributed by atoms with Gasteiger partial charge in [0.1, 0.15) is 0 Å². The topological polar surface area (TPSA) is 41.1 Å². The van der Waals surface area contributed by atoms with Crippen LogP contribution in [0.1, 0.15) is 30.4 Å².